The van der Waals surface area contributed by atoms with E-state index in [-0.39, 0.29) is 46.7 Å². The van der Waals surface area contributed by atoms with E-state index in [1.807, 2.05) is 26.8 Å². The molecular weight excluding hydrogens is 500 g/mol. The average Bonchev–Trinajstić information content (AvgIpc) is 3.44. The van der Waals surface area contributed by atoms with Crippen LogP contribution in [-0.4, -0.2) is 50.2 Å². The van der Waals surface area contributed by atoms with Crippen molar-refractivity contribution in [3.8, 4) is 0 Å². The Kier molecular flexibility index (Phi) is 7.41. The first-order valence-electron chi connectivity index (χ1n) is 12.9. The number of allylic oxidation sites excluding steroid dienone is 1. The van der Waals surface area contributed by atoms with Crippen molar-refractivity contribution in [2.24, 2.45) is 16.8 Å². The van der Waals surface area contributed by atoms with Crippen LogP contribution < -0.4 is 10.7 Å². The Bertz CT molecular complexity index is 1630. The van der Waals surface area contributed by atoms with E-state index in [0.717, 1.165) is 17.0 Å². The SMILES string of the molecule is CCc1[nH]c(/C=C2\N=C(C3=c4[nH]/c(=C\C(C)=N)c(C)c4C(=O)OC3=O)[C@@H](CCC(=O)O)[C@@H]2C)c(C)c1C(C)=O. The highest BCUT2D eigenvalue weighted by molar-refractivity contribution is 6.44. The van der Waals surface area contributed by atoms with Crippen LogP contribution in [-0.2, 0) is 20.7 Å². The number of rotatable bonds is 8. The third-order valence-electron chi connectivity index (χ3n) is 7.45. The second-order valence-electron chi connectivity index (χ2n) is 10.1. The molecule has 2 aliphatic heterocycles. The minimum absolute atomic E-state index is 0.0409. The molecule has 2 aromatic heterocycles. The molecule has 0 unspecified atom stereocenters. The lowest BCUT2D eigenvalue weighted by Gasteiger charge is -2.20. The number of hydrogen-bond acceptors (Lipinski definition) is 7. The van der Waals surface area contributed by atoms with Crippen LogP contribution in [0.2, 0.25) is 0 Å². The molecule has 0 spiro atoms. The Balaban J connectivity index is 1.98. The first kappa shape index (κ1) is 27.7. The molecule has 0 saturated carbocycles. The quantitative estimate of drug-likeness (QED) is 0.177. The maximum Gasteiger partial charge on any atom is 0.350 e. The minimum atomic E-state index is -0.973. The second-order valence-corrected chi connectivity index (χ2v) is 10.1. The molecule has 2 aliphatic rings. The number of aryl methyl sites for hydroxylation is 1. The van der Waals surface area contributed by atoms with Gasteiger partial charge in [0.15, 0.2) is 5.78 Å². The number of cyclic esters (lactones) is 2. The summed E-state index contributed by atoms with van der Waals surface area (Å²) in [7, 11) is 0. The first-order valence-corrected chi connectivity index (χ1v) is 12.9. The molecule has 0 fully saturated rings. The molecule has 0 amide bonds. The molecule has 10 heteroatoms. The number of aliphatic carboxylic acids is 1. The number of carbonyl (C=O) groups is 4. The highest BCUT2D eigenvalue weighted by atomic mass is 16.6. The lowest BCUT2D eigenvalue weighted by Crippen LogP contribution is -2.37. The lowest BCUT2D eigenvalue weighted by atomic mass is 9.83. The van der Waals surface area contributed by atoms with Crippen molar-refractivity contribution < 1.29 is 29.0 Å². The Morgan fingerprint density at radius 3 is 2.38 bits per heavy atom. The number of ketones is 1. The first-order chi connectivity index (χ1) is 18.3. The van der Waals surface area contributed by atoms with Crippen LogP contribution in [0, 0.1) is 31.1 Å². The molecule has 0 bridgehead atoms. The van der Waals surface area contributed by atoms with Crippen molar-refractivity contribution in [3.05, 3.63) is 50.0 Å². The number of aliphatic imine (C=N–C) groups is 1. The number of nitrogens with zero attached hydrogens (tertiary/aromatic N) is 1. The fourth-order valence-corrected chi connectivity index (χ4v) is 5.49. The summed E-state index contributed by atoms with van der Waals surface area (Å²) in [5, 5.41) is 18.0. The summed E-state index contributed by atoms with van der Waals surface area (Å²) < 4.78 is 5.12. The number of Topliss-reactive ketones (excluding diaryl/α,β-unsaturated/α-hetero) is 1. The lowest BCUT2D eigenvalue weighted by molar-refractivity contribution is -0.137. The van der Waals surface area contributed by atoms with Gasteiger partial charge >= 0.3 is 17.9 Å². The molecule has 4 rings (SSSR count). The van der Waals surface area contributed by atoms with Gasteiger partial charge in [-0.2, -0.15) is 0 Å². The third-order valence-corrected chi connectivity index (χ3v) is 7.45. The number of ether oxygens (including phenoxy) is 1. The smallest absolute Gasteiger partial charge is 0.350 e. The summed E-state index contributed by atoms with van der Waals surface area (Å²) in [5.41, 5.74) is 5.03. The van der Waals surface area contributed by atoms with Crippen LogP contribution in [0.25, 0.3) is 17.7 Å². The molecule has 204 valence electrons. The molecule has 0 radical (unpaired) electrons. The van der Waals surface area contributed by atoms with E-state index in [4.69, 9.17) is 15.1 Å². The standard InChI is InChI=1S/C29H32N4O6/c1-7-18-23(16(6)34)14(4)21(31-18)11-20-13(3)17(8-9-22(35)36)26(32-20)25-27-24(28(37)39-29(25)38)15(5)19(33-27)10-12(2)30/h10-11,13,17,30-31,33H,7-9H2,1-6H3,(H,35,36)/b19-10-,20-11-,30-12?/t13-,17-/m0/s1. The van der Waals surface area contributed by atoms with Crippen LogP contribution in [0.3, 0.4) is 0 Å². The van der Waals surface area contributed by atoms with Crippen LogP contribution in [0.4, 0.5) is 0 Å². The summed E-state index contributed by atoms with van der Waals surface area (Å²) in [4.78, 5) is 60.9. The number of carbonyl (C=O) groups excluding carboxylic acids is 3. The van der Waals surface area contributed by atoms with Gasteiger partial charge in [-0.05, 0) is 63.8 Å². The molecule has 0 saturated heterocycles. The Hall–Kier alpha value is -4.34. The highest BCUT2D eigenvalue weighted by Crippen LogP contribution is 2.38. The number of nitrogens with one attached hydrogen (secondary N) is 3. The molecule has 0 aliphatic carbocycles. The number of carboxylic acids is 1. The van der Waals surface area contributed by atoms with Crippen molar-refractivity contribution in [1.29, 1.82) is 5.41 Å². The molecule has 4 N–H and O–H groups in total. The topological polar surface area (TPSA) is 166 Å². The van der Waals surface area contributed by atoms with Crippen molar-refractivity contribution in [2.75, 3.05) is 0 Å². The Morgan fingerprint density at radius 2 is 1.82 bits per heavy atom. The van der Waals surface area contributed by atoms with E-state index in [0.29, 0.717) is 34.3 Å². The van der Waals surface area contributed by atoms with E-state index in [1.54, 1.807) is 19.9 Å². The second kappa shape index (κ2) is 10.4. The van der Waals surface area contributed by atoms with Gasteiger partial charge in [0.25, 0.3) is 0 Å². The normalized spacial score (nSPS) is 20.4. The average molecular weight is 533 g/mol. The van der Waals surface area contributed by atoms with E-state index < -0.39 is 23.8 Å². The van der Waals surface area contributed by atoms with E-state index in [9.17, 15) is 24.3 Å². The van der Waals surface area contributed by atoms with E-state index >= 15 is 0 Å². The fourth-order valence-electron chi connectivity index (χ4n) is 5.49. The predicted octanol–water partition coefficient (Wildman–Crippen LogP) is 3.01. The molecule has 0 aromatic carbocycles. The minimum Gasteiger partial charge on any atom is -0.481 e. The maximum atomic E-state index is 13.2. The van der Waals surface area contributed by atoms with Gasteiger partial charge in [0.1, 0.15) is 5.57 Å². The van der Waals surface area contributed by atoms with Crippen LogP contribution in [0.15, 0.2) is 10.7 Å². The zero-order valence-corrected chi connectivity index (χ0v) is 22.9. The van der Waals surface area contributed by atoms with Gasteiger partial charge in [0.2, 0.25) is 0 Å². The predicted molar refractivity (Wildman–Crippen MR) is 146 cm³/mol. The van der Waals surface area contributed by atoms with Gasteiger partial charge in [-0.1, -0.05) is 13.8 Å². The Morgan fingerprint density at radius 1 is 1.13 bits per heavy atom. The van der Waals surface area contributed by atoms with Crippen molar-refractivity contribution in [3.63, 3.8) is 0 Å². The number of esters is 2. The van der Waals surface area contributed by atoms with E-state index in [2.05, 4.69) is 9.97 Å². The van der Waals surface area contributed by atoms with E-state index in [1.165, 1.54) is 6.92 Å². The summed E-state index contributed by atoms with van der Waals surface area (Å²) in [6, 6.07) is 0. The van der Waals surface area contributed by atoms with Crippen molar-refractivity contribution >= 4 is 52.8 Å². The summed E-state index contributed by atoms with van der Waals surface area (Å²) >= 11 is 0. The molecule has 2 aromatic rings. The monoisotopic (exact) mass is 532 g/mol. The third kappa shape index (κ3) is 4.94. The number of aromatic amines is 2. The fraction of sp³-hybridized carbons (Fsp3) is 0.379. The Labute approximate surface area is 225 Å². The number of fused-ring (bicyclic) bond motifs is 1. The van der Waals surface area contributed by atoms with Gasteiger partial charge in [-0.25, -0.2) is 9.59 Å². The number of aromatic nitrogens is 2. The van der Waals surface area contributed by atoms with Gasteiger partial charge in [0, 0.05) is 52.0 Å². The molecule has 10 nitrogen and oxygen atoms in total. The van der Waals surface area contributed by atoms with Crippen LogP contribution >= 0.6 is 0 Å². The van der Waals surface area contributed by atoms with Crippen LogP contribution in [0.5, 0.6) is 0 Å². The highest BCUT2D eigenvalue weighted by Gasteiger charge is 2.41. The summed E-state index contributed by atoms with van der Waals surface area (Å²) in [6.45, 7) is 10.6. The maximum absolute atomic E-state index is 13.2. The number of H-pyrrole nitrogens is 2. The zero-order valence-electron chi connectivity index (χ0n) is 22.9. The molecular formula is C29H32N4O6. The van der Waals surface area contributed by atoms with Gasteiger partial charge in [-0.15, -0.1) is 0 Å². The van der Waals surface area contributed by atoms with Gasteiger partial charge in [-0.3, -0.25) is 14.6 Å². The molecule has 39 heavy (non-hydrogen) atoms. The summed E-state index contributed by atoms with van der Waals surface area (Å²) in [6.07, 6.45) is 4.12. The van der Waals surface area contributed by atoms with Crippen LogP contribution in [0.1, 0.15) is 83.8 Å². The molecule has 4 heterocycles. The van der Waals surface area contributed by atoms with Gasteiger partial charge in [0.05, 0.1) is 16.6 Å². The van der Waals surface area contributed by atoms with Crippen molar-refractivity contribution in [2.45, 2.75) is 60.8 Å². The largest absolute Gasteiger partial charge is 0.481 e. The molecule has 2 atom stereocenters. The number of hydrogen-bond donors (Lipinski definition) is 4. The number of carboxylic acid groups (broad SMARTS) is 1. The summed E-state index contributed by atoms with van der Waals surface area (Å²) in [5.74, 6) is -3.36. The van der Waals surface area contributed by atoms with Gasteiger partial charge < -0.3 is 25.2 Å². The van der Waals surface area contributed by atoms with Crippen molar-refractivity contribution in [1.82, 2.24) is 9.97 Å². The zero-order chi connectivity index (χ0) is 28.8.